The van der Waals surface area contributed by atoms with Crippen LogP contribution in [0.5, 0.6) is 5.75 Å². The molecule has 1 fully saturated rings. The second-order valence-corrected chi connectivity index (χ2v) is 7.48. The summed E-state index contributed by atoms with van der Waals surface area (Å²) in [6.45, 7) is 7.91. The first-order valence-electron chi connectivity index (χ1n) is 9.89. The number of fused-ring (bicyclic) bond motifs is 4. The van der Waals surface area contributed by atoms with Gasteiger partial charge in [-0.15, -0.1) is 0 Å². The minimum absolute atomic E-state index is 0.834. The Hall–Kier alpha value is -2.63. The van der Waals surface area contributed by atoms with Crippen LogP contribution in [-0.2, 0) is 11.3 Å². The van der Waals surface area contributed by atoms with Crippen molar-refractivity contribution in [3.63, 3.8) is 0 Å². The quantitative estimate of drug-likeness (QED) is 0.541. The number of rotatable bonds is 4. The van der Waals surface area contributed by atoms with Crippen molar-refractivity contribution >= 4 is 32.6 Å². The zero-order chi connectivity index (χ0) is 19.1. The molecular formula is C23H25N3O2. The van der Waals surface area contributed by atoms with Crippen molar-refractivity contribution in [2.75, 3.05) is 40.0 Å². The molecule has 0 bridgehead atoms. The topological polar surface area (TPSA) is 39.5 Å². The van der Waals surface area contributed by atoms with Gasteiger partial charge in [-0.3, -0.25) is 9.88 Å². The molecule has 0 spiro atoms. The number of ether oxygens (including phenoxy) is 2. The Kier molecular flexibility index (Phi) is 4.41. The maximum atomic E-state index is 5.51. The zero-order valence-electron chi connectivity index (χ0n) is 16.4. The zero-order valence-corrected chi connectivity index (χ0v) is 16.4. The summed E-state index contributed by atoms with van der Waals surface area (Å²) in [6, 6.07) is 10.8. The van der Waals surface area contributed by atoms with E-state index in [9.17, 15) is 0 Å². The molecule has 5 heteroatoms. The van der Waals surface area contributed by atoms with Crippen LogP contribution in [0.3, 0.4) is 0 Å². The van der Waals surface area contributed by atoms with Crippen LogP contribution in [0.4, 0.5) is 0 Å². The molecule has 0 atom stereocenters. The highest BCUT2D eigenvalue weighted by molar-refractivity contribution is 6.14. The number of aryl methyl sites for hydroxylation is 1. The third-order valence-corrected chi connectivity index (χ3v) is 5.96. The highest BCUT2D eigenvalue weighted by Gasteiger charge is 2.17. The first-order valence-corrected chi connectivity index (χ1v) is 9.89. The van der Waals surface area contributed by atoms with E-state index >= 15 is 0 Å². The van der Waals surface area contributed by atoms with E-state index < -0.39 is 0 Å². The molecule has 0 amide bonds. The predicted octanol–water partition coefficient (Wildman–Crippen LogP) is 3.99. The molecule has 1 aliphatic heterocycles. The Morgan fingerprint density at radius 2 is 1.89 bits per heavy atom. The predicted molar refractivity (Wildman–Crippen MR) is 113 cm³/mol. The van der Waals surface area contributed by atoms with Gasteiger partial charge in [-0.1, -0.05) is 0 Å². The van der Waals surface area contributed by atoms with Crippen LogP contribution < -0.4 is 4.74 Å². The van der Waals surface area contributed by atoms with Crippen molar-refractivity contribution in [3.05, 3.63) is 48.3 Å². The summed E-state index contributed by atoms with van der Waals surface area (Å²) in [6.07, 6.45) is 3.84. The minimum atomic E-state index is 0.834. The molecule has 2 aromatic carbocycles. The van der Waals surface area contributed by atoms with Gasteiger partial charge in [0.2, 0.25) is 0 Å². The van der Waals surface area contributed by atoms with Gasteiger partial charge in [-0.05, 0) is 48.2 Å². The Bertz CT molecular complexity index is 1160. The van der Waals surface area contributed by atoms with Gasteiger partial charge in [0.25, 0.3) is 0 Å². The smallest absolute Gasteiger partial charge is 0.119 e. The fraction of sp³-hybridized carbons (Fsp3) is 0.348. The minimum Gasteiger partial charge on any atom is -0.497 e. The molecule has 0 aliphatic carbocycles. The Morgan fingerprint density at radius 1 is 1.04 bits per heavy atom. The Labute approximate surface area is 164 Å². The molecule has 0 saturated carbocycles. The maximum absolute atomic E-state index is 5.51. The van der Waals surface area contributed by atoms with Gasteiger partial charge in [0.15, 0.2) is 0 Å². The number of hydrogen-bond donors (Lipinski definition) is 0. The first kappa shape index (κ1) is 17.5. The SMILES string of the molecule is COc1ccc2c(c1)c1cc3cnccc3c(C)c1n2CCN1CCOCC1. The van der Waals surface area contributed by atoms with E-state index in [1.165, 1.54) is 38.1 Å². The van der Waals surface area contributed by atoms with Crippen molar-refractivity contribution in [1.82, 2.24) is 14.5 Å². The number of benzene rings is 2. The average Bonchev–Trinajstić information content (AvgIpc) is 3.06. The summed E-state index contributed by atoms with van der Waals surface area (Å²) >= 11 is 0. The van der Waals surface area contributed by atoms with Crippen molar-refractivity contribution < 1.29 is 9.47 Å². The van der Waals surface area contributed by atoms with E-state index in [4.69, 9.17) is 9.47 Å². The lowest BCUT2D eigenvalue weighted by molar-refractivity contribution is 0.0366. The van der Waals surface area contributed by atoms with E-state index in [2.05, 4.69) is 51.7 Å². The highest BCUT2D eigenvalue weighted by Crippen LogP contribution is 2.36. The average molecular weight is 375 g/mol. The van der Waals surface area contributed by atoms with Crippen LogP contribution in [0, 0.1) is 6.92 Å². The molecule has 144 valence electrons. The maximum Gasteiger partial charge on any atom is 0.119 e. The fourth-order valence-corrected chi connectivity index (χ4v) is 4.48. The van der Waals surface area contributed by atoms with Crippen molar-refractivity contribution in [2.24, 2.45) is 0 Å². The second-order valence-electron chi connectivity index (χ2n) is 7.48. The van der Waals surface area contributed by atoms with Crippen LogP contribution in [0.25, 0.3) is 32.6 Å². The molecule has 1 aliphatic rings. The van der Waals surface area contributed by atoms with Crippen LogP contribution >= 0.6 is 0 Å². The first-order chi connectivity index (χ1) is 13.8. The number of pyridine rings is 1. The van der Waals surface area contributed by atoms with Crippen LogP contribution in [0.2, 0.25) is 0 Å². The Balaban J connectivity index is 1.72. The van der Waals surface area contributed by atoms with Gasteiger partial charge < -0.3 is 14.0 Å². The normalized spacial score (nSPS) is 15.6. The molecule has 0 unspecified atom stereocenters. The number of hydrogen-bond acceptors (Lipinski definition) is 4. The second kappa shape index (κ2) is 7.08. The molecule has 3 heterocycles. The van der Waals surface area contributed by atoms with Gasteiger partial charge in [-0.2, -0.15) is 0 Å². The highest BCUT2D eigenvalue weighted by atomic mass is 16.5. The molecule has 0 radical (unpaired) electrons. The summed E-state index contributed by atoms with van der Waals surface area (Å²) < 4.78 is 13.5. The standard InChI is InChI=1S/C23H25N3O2/c1-16-19-5-6-24-15-17(19)13-21-20-14-18(27-2)3-4-22(20)26(23(16)21)8-7-25-9-11-28-12-10-25/h3-6,13-15H,7-12H2,1-2H3. The monoisotopic (exact) mass is 375 g/mol. The largest absolute Gasteiger partial charge is 0.497 e. The lowest BCUT2D eigenvalue weighted by Crippen LogP contribution is -2.38. The van der Waals surface area contributed by atoms with Crippen LogP contribution in [-0.4, -0.2) is 54.4 Å². The molecule has 2 aromatic heterocycles. The van der Waals surface area contributed by atoms with E-state index in [0.29, 0.717) is 0 Å². The third kappa shape index (κ3) is 2.82. The molecule has 1 saturated heterocycles. The van der Waals surface area contributed by atoms with E-state index in [1.807, 2.05) is 12.4 Å². The number of aromatic nitrogens is 2. The fourth-order valence-electron chi connectivity index (χ4n) is 4.48. The van der Waals surface area contributed by atoms with E-state index in [1.54, 1.807) is 7.11 Å². The third-order valence-electron chi connectivity index (χ3n) is 5.96. The van der Waals surface area contributed by atoms with E-state index in [0.717, 1.165) is 45.1 Å². The molecule has 0 N–H and O–H groups in total. The molecule has 5 nitrogen and oxygen atoms in total. The lowest BCUT2D eigenvalue weighted by Gasteiger charge is -2.27. The van der Waals surface area contributed by atoms with Gasteiger partial charge in [0, 0.05) is 60.2 Å². The number of morpholine rings is 1. The summed E-state index contributed by atoms with van der Waals surface area (Å²) in [4.78, 5) is 6.82. The van der Waals surface area contributed by atoms with Gasteiger partial charge >= 0.3 is 0 Å². The van der Waals surface area contributed by atoms with E-state index in [-0.39, 0.29) is 0 Å². The molecular weight excluding hydrogens is 350 g/mol. The summed E-state index contributed by atoms with van der Waals surface area (Å²) in [5.41, 5.74) is 3.89. The van der Waals surface area contributed by atoms with Crippen LogP contribution in [0.1, 0.15) is 5.56 Å². The lowest BCUT2D eigenvalue weighted by atomic mass is 10.0. The Morgan fingerprint density at radius 3 is 2.71 bits per heavy atom. The summed E-state index contributed by atoms with van der Waals surface area (Å²) in [5, 5.41) is 4.96. The van der Waals surface area contributed by atoms with Gasteiger partial charge in [0.05, 0.1) is 25.8 Å². The molecule has 5 rings (SSSR count). The van der Waals surface area contributed by atoms with Gasteiger partial charge in [-0.25, -0.2) is 0 Å². The van der Waals surface area contributed by atoms with Crippen molar-refractivity contribution in [3.8, 4) is 5.75 Å². The van der Waals surface area contributed by atoms with Gasteiger partial charge in [0.1, 0.15) is 5.75 Å². The van der Waals surface area contributed by atoms with Crippen molar-refractivity contribution in [1.29, 1.82) is 0 Å². The van der Waals surface area contributed by atoms with Crippen LogP contribution in [0.15, 0.2) is 42.7 Å². The van der Waals surface area contributed by atoms with Crippen molar-refractivity contribution in [2.45, 2.75) is 13.5 Å². The summed E-state index contributed by atoms with van der Waals surface area (Å²) in [7, 11) is 1.73. The number of methoxy groups -OCH3 is 1. The molecule has 4 aromatic rings. The summed E-state index contributed by atoms with van der Waals surface area (Å²) in [5.74, 6) is 0.892. The number of nitrogens with zero attached hydrogens (tertiary/aromatic N) is 3. The molecule has 28 heavy (non-hydrogen) atoms.